The topological polar surface area (TPSA) is 141 Å². The van der Waals surface area contributed by atoms with Crippen LogP contribution in [-0.4, -0.2) is 78.0 Å². The van der Waals surface area contributed by atoms with Crippen LogP contribution in [0.4, 0.5) is 24.5 Å². The highest BCUT2D eigenvalue weighted by Gasteiger charge is 2.38. The van der Waals surface area contributed by atoms with Gasteiger partial charge in [0.15, 0.2) is 5.69 Å². The summed E-state index contributed by atoms with van der Waals surface area (Å²) in [5.74, 6) is -0.588. The molecule has 3 N–H and O–H groups in total. The van der Waals surface area contributed by atoms with E-state index in [1.54, 1.807) is 17.2 Å². The van der Waals surface area contributed by atoms with Crippen molar-refractivity contribution < 1.29 is 31.5 Å². The molecular weight excluding hydrogens is 740 g/mol. The molecule has 54 heavy (non-hydrogen) atoms. The number of carbonyl (C=O) groups is 1. The molecule has 0 bridgehead atoms. The third kappa shape index (κ3) is 9.48. The van der Waals surface area contributed by atoms with Crippen molar-refractivity contribution >= 4 is 39.1 Å². The maximum atomic E-state index is 14.6. The molecule has 0 atom stereocenters. The summed E-state index contributed by atoms with van der Waals surface area (Å²) < 4.78 is 73.2. The smallest absolute Gasteiger partial charge is 0.418 e. The molecule has 282 valence electrons. The van der Waals surface area contributed by atoms with Crippen molar-refractivity contribution in [1.29, 1.82) is 0 Å². The highest BCUT2D eigenvalue weighted by Crippen LogP contribution is 2.41. The van der Waals surface area contributed by atoms with E-state index >= 15 is 0 Å². The summed E-state index contributed by atoms with van der Waals surface area (Å²) in [5.41, 5.74) is 2.25. The molecule has 0 aliphatic carbocycles. The Hall–Kier alpha value is -5.19. The lowest BCUT2D eigenvalue weighted by Gasteiger charge is -2.37. The number of nitrogens with one attached hydrogen (secondary N) is 2. The third-order valence-electron chi connectivity index (χ3n) is 8.91. The Balaban J connectivity index is 1.25. The van der Waals surface area contributed by atoms with Gasteiger partial charge in [-0.3, -0.25) is 14.7 Å². The Kier molecular flexibility index (Phi) is 12.0. The number of rotatable bonds is 13. The van der Waals surface area contributed by atoms with Crippen molar-refractivity contribution in [2.45, 2.75) is 35.9 Å². The number of aryl methyl sites for hydroxylation is 1. The van der Waals surface area contributed by atoms with Crippen molar-refractivity contribution in [3.8, 4) is 16.9 Å². The van der Waals surface area contributed by atoms with E-state index in [9.17, 15) is 31.5 Å². The summed E-state index contributed by atoms with van der Waals surface area (Å²) in [6, 6.07) is 21.6. The van der Waals surface area contributed by atoms with E-state index in [0.717, 1.165) is 33.6 Å². The molecule has 1 aliphatic rings. The number of sulfonamides is 1. The molecule has 5 aromatic rings. The largest absolute Gasteiger partial charge is 0.506 e. The standard InChI is InChI=1S/C38H38F3N7O4S2/c1-2-26-19-27(29-20-30(49)24-42-23-29)10-11-28(26)25-47-14-16-48(17-15-47)35-22-34(43-13-18-53-31-7-4-3-5-8-31)32(38(39,40)41)21-36(35)54(51,52)46-37(50)33-9-6-12-44-45-33/h3-12,19-24,43,49H,2,13-18,25H2,1H3,(H,46,50). The number of piperazine rings is 1. The van der Waals surface area contributed by atoms with E-state index in [0.29, 0.717) is 44.5 Å². The fourth-order valence-corrected chi connectivity index (χ4v) is 8.18. The number of halogens is 3. The highest BCUT2D eigenvalue weighted by atomic mass is 32.2. The molecule has 1 saturated heterocycles. The number of amides is 1. The number of pyridine rings is 1. The lowest BCUT2D eigenvalue weighted by Crippen LogP contribution is -2.46. The quantitative estimate of drug-likeness (QED) is 0.0896. The van der Waals surface area contributed by atoms with E-state index in [1.165, 1.54) is 42.4 Å². The first-order valence-electron chi connectivity index (χ1n) is 17.2. The number of aromatic nitrogens is 3. The number of hydrogen-bond acceptors (Lipinski definition) is 11. The van der Waals surface area contributed by atoms with E-state index in [4.69, 9.17) is 0 Å². The second kappa shape index (κ2) is 16.9. The van der Waals surface area contributed by atoms with Crippen LogP contribution in [0.3, 0.4) is 0 Å². The predicted molar refractivity (Wildman–Crippen MR) is 202 cm³/mol. The van der Waals surface area contributed by atoms with Gasteiger partial charge in [-0.1, -0.05) is 43.3 Å². The lowest BCUT2D eigenvalue weighted by molar-refractivity contribution is -0.137. The van der Waals surface area contributed by atoms with Gasteiger partial charge in [0.05, 0.1) is 17.4 Å². The molecule has 0 spiro atoms. The Labute approximate surface area is 315 Å². The number of carbonyl (C=O) groups excluding carboxylic acids is 1. The second-order valence-electron chi connectivity index (χ2n) is 12.5. The summed E-state index contributed by atoms with van der Waals surface area (Å²) in [7, 11) is -4.82. The highest BCUT2D eigenvalue weighted by molar-refractivity contribution is 7.99. The number of alkyl halides is 3. The second-order valence-corrected chi connectivity index (χ2v) is 15.3. The van der Waals surface area contributed by atoms with Crippen molar-refractivity contribution in [2.24, 2.45) is 0 Å². The molecule has 1 amide bonds. The summed E-state index contributed by atoms with van der Waals surface area (Å²) >= 11 is 1.47. The predicted octanol–water partition coefficient (Wildman–Crippen LogP) is 6.47. The minimum Gasteiger partial charge on any atom is -0.506 e. The summed E-state index contributed by atoms with van der Waals surface area (Å²) in [6.07, 6.45) is 0.225. The van der Waals surface area contributed by atoms with Crippen molar-refractivity contribution in [3.63, 3.8) is 0 Å². The van der Waals surface area contributed by atoms with Gasteiger partial charge in [0.2, 0.25) is 0 Å². The van der Waals surface area contributed by atoms with Crippen LogP contribution in [0.5, 0.6) is 5.75 Å². The van der Waals surface area contributed by atoms with Crippen LogP contribution in [0.2, 0.25) is 0 Å². The van der Waals surface area contributed by atoms with Gasteiger partial charge in [0.1, 0.15) is 10.6 Å². The van der Waals surface area contributed by atoms with Gasteiger partial charge in [0, 0.05) is 73.6 Å². The molecule has 2 aromatic heterocycles. The van der Waals surface area contributed by atoms with Crippen LogP contribution in [0.1, 0.15) is 34.1 Å². The zero-order valence-corrected chi connectivity index (χ0v) is 30.9. The van der Waals surface area contributed by atoms with Crippen LogP contribution >= 0.6 is 11.8 Å². The molecule has 1 fully saturated rings. The molecule has 1 aliphatic heterocycles. The van der Waals surface area contributed by atoms with Gasteiger partial charge in [0.25, 0.3) is 15.9 Å². The SMILES string of the molecule is CCc1cc(-c2cncc(O)c2)ccc1CN1CCN(c2cc(NCCSc3ccccc3)c(C(F)(F)F)cc2S(=O)(=O)NC(=O)c2cccnn2)CC1. The number of benzene rings is 3. The Bertz CT molecular complexity index is 2190. The Morgan fingerprint density at radius 1 is 0.926 bits per heavy atom. The molecule has 0 unspecified atom stereocenters. The first-order chi connectivity index (χ1) is 25.9. The Morgan fingerprint density at radius 2 is 1.70 bits per heavy atom. The van der Waals surface area contributed by atoms with E-state index in [1.807, 2.05) is 47.2 Å². The minimum absolute atomic E-state index is 0.0404. The van der Waals surface area contributed by atoms with Gasteiger partial charge in [-0.15, -0.1) is 16.9 Å². The number of thioether (sulfide) groups is 1. The van der Waals surface area contributed by atoms with E-state index < -0.39 is 32.6 Å². The number of aromatic hydroxyl groups is 1. The maximum absolute atomic E-state index is 14.6. The minimum atomic E-state index is -4.91. The van der Waals surface area contributed by atoms with Crippen LogP contribution < -0.4 is 14.9 Å². The average Bonchev–Trinajstić information content (AvgIpc) is 3.17. The average molecular weight is 778 g/mol. The number of anilines is 2. The van der Waals surface area contributed by atoms with Crippen LogP contribution in [0, 0.1) is 0 Å². The normalized spacial score (nSPS) is 13.8. The summed E-state index contributed by atoms with van der Waals surface area (Å²) in [5, 5.41) is 20.0. The molecule has 3 heterocycles. The first kappa shape index (κ1) is 38.5. The zero-order chi connectivity index (χ0) is 38.3. The molecule has 0 radical (unpaired) electrons. The monoisotopic (exact) mass is 777 g/mol. The van der Waals surface area contributed by atoms with Gasteiger partial charge < -0.3 is 15.3 Å². The summed E-state index contributed by atoms with van der Waals surface area (Å²) in [4.78, 5) is 21.2. The van der Waals surface area contributed by atoms with Crippen molar-refractivity contribution in [2.75, 3.05) is 48.7 Å². The third-order valence-corrected chi connectivity index (χ3v) is 11.3. The van der Waals surface area contributed by atoms with Gasteiger partial charge in [-0.2, -0.15) is 18.3 Å². The van der Waals surface area contributed by atoms with E-state index in [2.05, 4.69) is 38.4 Å². The molecule has 6 rings (SSSR count). The van der Waals surface area contributed by atoms with Crippen molar-refractivity contribution in [3.05, 3.63) is 120 Å². The van der Waals surface area contributed by atoms with Crippen LogP contribution in [-0.2, 0) is 29.2 Å². The fraction of sp³-hybridized carbons (Fsp3) is 0.263. The van der Waals surface area contributed by atoms with Crippen molar-refractivity contribution in [1.82, 2.24) is 24.8 Å². The van der Waals surface area contributed by atoms with Gasteiger partial charge >= 0.3 is 6.18 Å². The summed E-state index contributed by atoms with van der Waals surface area (Å²) in [6.45, 7) is 4.44. The number of hydrogen-bond donors (Lipinski definition) is 3. The fourth-order valence-electron chi connectivity index (χ4n) is 6.20. The lowest BCUT2D eigenvalue weighted by atomic mass is 9.98. The maximum Gasteiger partial charge on any atom is 0.418 e. The van der Waals surface area contributed by atoms with Crippen LogP contribution in [0.15, 0.2) is 107 Å². The van der Waals surface area contributed by atoms with E-state index in [-0.39, 0.29) is 29.4 Å². The molecular formula is C38H38F3N7O4S2. The molecule has 3 aromatic carbocycles. The molecule has 16 heteroatoms. The van der Waals surface area contributed by atoms with Crippen LogP contribution in [0.25, 0.3) is 11.1 Å². The first-order valence-corrected chi connectivity index (χ1v) is 19.6. The van der Waals surface area contributed by atoms with Gasteiger partial charge in [-0.05, 0) is 65.6 Å². The molecule has 0 saturated carbocycles. The Morgan fingerprint density at radius 3 is 2.39 bits per heavy atom. The molecule has 11 nitrogen and oxygen atoms in total. The zero-order valence-electron chi connectivity index (χ0n) is 29.3. The van der Waals surface area contributed by atoms with Gasteiger partial charge in [-0.25, -0.2) is 13.1 Å². The number of nitrogens with zero attached hydrogens (tertiary/aromatic N) is 5.